The van der Waals surface area contributed by atoms with E-state index in [1.165, 1.54) is 12.1 Å². The highest BCUT2D eigenvalue weighted by Crippen LogP contribution is 2.40. The van der Waals surface area contributed by atoms with Crippen LogP contribution in [0.15, 0.2) is 24.3 Å². The first-order chi connectivity index (χ1) is 11.4. The SMILES string of the molecule is Fc1c(OC/C=C/C2CC2)ccc(OCC2CC2)c1OC(F)(F)F. The Labute approximate surface area is 137 Å². The summed E-state index contributed by atoms with van der Waals surface area (Å²) < 4.78 is 66.3. The molecule has 2 saturated carbocycles. The number of hydrogen-bond donors (Lipinski definition) is 0. The number of hydrogen-bond acceptors (Lipinski definition) is 3. The molecule has 0 saturated heterocycles. The van der Waals surface area contributed by atoms with Gasteiger partial charge in [0.1, 0.15) is 6.61 Å². The number of rotatable bonds is 8. The van der Waals surface area contributed by atoms with E-state index in [0.29, 0.717) is 11.8 Å². The predicted molar refractivity (Wildman–Crippen MR) is 78.7 cm³/mol. The van der Waals surface area contributed by atoms with Crippen molar-refractivity contribution in [3.8, 4) is 17.2 Å². The minimum Gasteiger partial charge on any atom is -0.489 e. The Morgan fingerprint density at radius 1 is 1.04 bits per heavy atom. The molecule has 24 heavy (non-hydrogen) atoms. The van der Waals surface area contributed by atoms with Crippen LogP contribution in [0, 0.1) is 17.7 Å². The lowest BCUT2D eigenvalue weighted by atomic mass is 10.2. The minimum atomic E-state index is -5.01. The van der Waals surface area contributed by atoms with Crippen LogP contribution >= 0.6 is 0 Å². The van der Waals surface area contributed by atoms with Gasteiger partial charge in [-0.3, -0.25) is 0 Å². The first kappa shape index (κ1) is 16.9. The van der Waals surface area contributed by atoms with Crippen LogP contribution in [0.5, 0.6) is 17.2 Å². The van der Waals surface area contributed by atoms with Crippen molar-refractivity contribution >= 4 is 0 Å². The summed E-state index contributed by atoms with van der Waals surface area (Å²) in [4.78, 5) is 0. The third kappa shape index (κ3) is 5.04. The fraction of sp³-hybridized carbons (Fsp3) is 0.529. The molecule has 132 valence electrons. The summed E-state index contributed by atoms with van der Waals surface area (Å²) >= 11 is 0. The third-order valence-corrected chi connectivity index (χ3v) is 3.78. The van der Waals surface area contributed by atoms with Crippen LogP contribution in [0.1, 0.15) is 25.7 Å². The quantitative estimate of drug-likeness (QED) is 0.497. The molecular weight excluding hydrogens is 328 g/mol. The Bertz CT molecular complexity index is 605. The molecule has 3 nitrogen and oxygen atoms in total. The number of halogens is 4. The zero-order valence-electron chi connectivity index (χ0n) is 12.9. The van der Waals surface area contributed by atoms with Gasteiger partial charge in [0.25, 0.3) is 0 Å². The first-order valence-corrected chi connectivity index (χ1v) is 7.93. The number of ether oxygens (including phenoxy) is 3. The lowest BCUT2D eigenvalue weighted by molar-refractivity contribution is -0.276. The van der Waals surface area contributed by atoms with Gasteiger partial charge in [0, 0.05) is 0 Å². The molecule has 0 atom stereocenters. The molecule has 0 aromatic heterocycles. The highest BCUT2D eigenvalue weighted by Gasteiger charge is 2.35. The van der Waals surface area contributed by atoms with Crippen LogP contribution in [0.25, 0.3) is 0 Å². The Balaban J connectivity index is 1.71. The maximum atomic E-state index is 14.3. The smallest absolute Gasteiger partial charge is 0.489 e. The fourth-order valence-corrected chi connectivity index (χ4v) is 2.12. The lowest BCUT2D eigenvalue weighted by Crippen LogP contribution is -2.19. The fourth-order valence-electron chi connectivity index (χ4n) is 2.12. The van der Waals surface area contributed by atoms with Gasteiger partial charge in [-0.1, -0.05) is 12.2 Å². The van der Waals surface area contributed by atoms with E-state index in [2.05, 4.69) is 4.74 Å². The van der Waals surface area contributed by atoms with Crippen molar-refractivity contribution in [3.63, 3.8) is 0 Å². The molecule has 0 radical (unpaired) electrons. The summed E-state index contributed by atoms with van der Waals surface area (Å²) in [6.45, 7) is 0.332. The van der Waals surface area contributed by atoms with Gasteiger partial charge in [-0.2, -0.15) is 4.39 Å². The monoisotopic (exact) mass is 346 g/mol. The van der Waals surface area contributed by atoms with Crippen molar-refractivity contribution < 1.29 is 31.8 Å². The van der Waals surface area contributed by atoms with Gasteiger partial charge in [0.15, 0.2) is 11.5 Å². The zero-order valence-corrected chi connectivity index (χ0v) is 12.9. The molecule has 2 aliphatic rings. The number of allylic oxidation sites excluding steroid dienone is 1. The maximum absolute atomic E-state index is 14.3. The molecule has 0 N–H and O–H groups in total. The van der Waals surface area contributed by atoms with Crippen LogP contribution in [-0.2, 0) is 0 Å². The first-order valence-electron chi connectivity index (χ1n) is 7.93. The summed E-state index contributed by atoms with van der Waals surface area (Å²) in [5.41, 5.74) is 0. The van der Waals surface area contributed by atoms with Crippen molar-refractivity contribution in [1.82, 2.24) is 0 Å². The Hall–Kier alpha value is -1.92. The molecular formula is C17H18F4O3. The number of alkyl halides is 3. The van der Waals surface area contributed by atoms with Gasteiger partial charge in [-0.05, 0) is 49.7 Å². The summed E-state index contributed by atoms with van der Waals surface area (Å²) in [7, 11) is 0. The second kappa shape index (κ2) is 6.91. The molecule has 1 aromatic rings. The van der Waals surface area contributed by atoms with E-state index in [1.807, 2.05) is 6.08 Å². The van der Waals surface area contributed by atoms with E-state index in [0.717, 1.165) is 25.7 Å². The molecule has 2 fully saturated rings. The molecule has 0 spiro atoms. The molecule has 0 unspecified atom stereocenters. The molecule has 0 heterocycles. The Morgan fingerprint density at radius 2 is 1.75 bits per heavy atom. The minimum absolute atomic E-state index is 0.0845. The zero-order chi connectivity index (χ0) is 17.2. The summed E-state index contributed by atoms with van der Waals surface area (Å²) in [5.74, 6) is -1.89. The van der Waals surface area contributed by atoms with Crippen LogP contribution in [0.4, 0.5) is 17.6 Å². The Kier molecular flexibility index (Phi) is 4.87. The topological polar surface area (TPSA) is 27.7 Å². The molecule has 0 amide bonds. The van der Waals surface area contributed by atoms with E-state index in [4.69, 9.17) is 9.47 Å². The van der Waals surface area contributed by atoms with E-state index in [9.17, 15) is 17.6 Å². The van der Waals surface area contributed by atoms with Crippen molar-refractivity contribution in [2.45, 2.75) is 32.0 Å². The van der Waals surface area contributed by atoms with Crippen molar-refractivity contribution in [2.75, 3.05) is 13.2 Å². The molecule has 7 heteroatoms. The van der Waals surface area contributed by atoms with Gasteiger partial charge < -0.3 is 14.2 Å². The van der Waals surface area contributed by atoms with Crippen LogP contribution < -0.4 is 14.2 Å². The maximum Gasteiger partial charge on any atom is 0.573 e. The van der Waals surface area contributed by atoms with Crippen molar-refractivity contribution in [2.24, 2.45) is 11.8 Å². The normalized spacial score (nSPS) is 18.0. The second-order valence-electron chi connectivity index (χ2n) is 6.08. The van der Waals surface area contributed by atoms with Crippen LogP contribution in [-0.4, -0.2) is 19.6 Å². The summed E-state index contributed by atoms with van der Waals surface area (Å²) in [6.07, 6.45) is 2.86. The predicted octanol–water partition coefficient (Wildman–Crippen LogP) is 4.86. The lowest BCUT2D eigenvalue weighted by Gasteiger charge is -2.16. The van der Waals surface area contributed by atoms with E-state index in [-0.39, 0.29) is 24.7 Å². The Morgan fingerprint density at radius 3 is 2.38 bits per heavy atom. The number of benzene rings is 1. The van der Waals surface area contributed by atoms with Gasteiger partial charge in [-0.25, -0.2) is 0 Å². The van der Waals surface area contributed by atoms with Gasteiger partial charge in [-0.15, -0.1) is 13.2 Å². The van der Waals surface area contributed by atoms with E-state index in [1.54, 1.807) is 6.08 Å². The highest BCUT2D eigenvalue weighted by atomic mass is 19.4. The summed E-state index contributed by atoms with van der Waals surface area (Å²) in [5, 5.41) is 0. The molecule has 0 bridgehead atoms. The van der Waals surface area contributed by atoms with Crippen molar-refractivity contribution in [3.05, 3.63) is 30.1 Å². The average Bonchev–Trinajstić information content (AvgIpc) is 3.39. The van der Waals surface area contributed by atoms with Crippen molar-refractivity contribution in [1.29, 1.82) is 0 Å². The van der Waals surface area contributed by atoms with Crippen LogP contribution in [0.2, 0.25) is 0 Å². The van der Waals surface area contributed by atoms with Gasteiger partial charge in [0.05, 0.1) is 6.61 Å². The highest BCUT2D eigenvalue weighted by molar-refractivity contribution is 5.47. The average molecular weight is 346 g/mol. The molecule has 0 aliphatic heterocycles. The van der Waals surface area contributed by atoms with Gasteiger partial charge in [0.2, 0.25) is 11.6 Å². The van der Waals surface area contributed by atoms with Gasteiger partial charge >= 0.3 is 6.36 Å². The van der Waals surface area contributed by atoms with Crippen LogP contribution in [0.3, 0.4) is 0 Å². The van der Waals surface area contributed by atoms with E-state index < -0.39 is 17.9 Å². The standard InChI is InChI=1S/C17H18F4O3/c18-15-13(22-9-1-2-11-3-4-11)7-8-14(23-10-12-5-6-12)16(15)24-17(19,20)21/h1-2,7-8,11-12H,3-6,9-10H2/b2-1+. The molecule has 1 aromatic carbocycles. The summed E-state index contributed by atoms with van der Waals surface area (Å²) in [6, 6.07) is 2.50. The third-order valence-electron chi connectivity index (χ3n) is 3.78. The largest absolute Gasteiger partial charge is 0.573 e. The van der Waals surface area contributed by atoms with E-state index >= 15 is 0 Å². The molecule has 2 aliphatic carbocycles. The second-order valence-corrected chi connectivity index (χ2v) is 6.08. The molecule has 3 rings (SSSR count).